The minimum Gasteiger partial charge on any atom is -0.370 e. The molecule has 0 aliphatic rings. The van der Waals surface area contributed by atoms with Gasteiger partial charge in [-0.2, -0.15) is 13.2 Å². The highest BCUT2D eigenvalue weighted by Crippen LogP contribution is 2.37. The highest BCUT2D eigenvalue weighted by atomic mass is 19.4. The lowest BCUT2D eigenvalue weighted by molar-refractivity contribution is -0.156. The Hall–Kier alpha value is -1.59. The molecule has 0 heterocycles. The van der Waals surface area contributed by atoms with Crippen LogP contribution in [0.4, 0.5) is 17.6 Å². The molecule has 1 unspecified atom stereocenters. The van der Waals surface area contributed by atoms with Crippen LogP contribution in [0.3, 0.4) is 0 Å². The molecular weight excluding hydrogens is 226 g/mol. The average molecular weight is 235 g/mol. The van der Waals surface area contributed by atoms with E-state index in [1.54, 1.807) is 0 Å². The molecule has 0 radical (unpaired) electrons. The molecule has 88 valence electrons. The van der Waals surface area contributed by atoms with Gasteiger partial charge in [-0.25, -0.2) is 4.39 Å². The molecule has 2 N–H and O–H groups in total. The van der Waals surface area contributed by atoms with Crippen LogP contribution in [0.25, 0.3) is 0 Å². The van der Waals surface area contributed by atoms with Crippen molar-refractivity contribution >= 4 is 5.91 Å². The molecule has 0 aromatic heterocycles. The Kier molecular flexibility index (Phi) is 3.51. The highest BCUT2D eigenvalue weighted by Gasteiger charge is 2.41. The molecule has 16 heavy (non-hydrogen) atoms. The minimum absolute atomic E-state index is 0.173. The van der Waals surface area contributed by atoms with Gasteiger partial charge in [-0.05, 0) is 17.7 Å². The Labute approximate surface area is 89.1 Å². The second-order valence-electron chi connectivity index (χ2n) is 3.32. The fraction of sp³-hybridized carbons (Fsp3) is 0.300. The number of halogens is 4. The summed E-state index contributed by atoms with van der Waals surface area (Å²) in [6.07, 6.45) is -5.41. The van der Waals surface area contributed by atoms with Crippen LogP contribution in [-0.2, 0) is 4.79 Å². The van der Waals surface area contributed by atoms with E-state index >= 15 is 0 Å². The molecule has 1 aromatic carbocycles. The van der Waals surface area contributed by atoms with Crippen LogP contribution >= 0.6 is 0 Å². The summed E-state index contributed by atoms with van der Waals surface area (Å²) in [5, 5.41) is 0. The molecule has 0 aliphatic carbocycles. The summed E-state index contributed by atoms with van der Waals surface area (Å²) < 4.78 is 50.2. The predicted molar refractivity (Wildman–Crippen MR) is 49.0 cm³/mol. The Morgan fingerprint density at radius 3 is 2.12 bits per heavy atom. The molecule has 1 amide bonds. The summed E-state index contributed by atoms with van der Waals surface area (Å²) >= 11 is 0. The zero-order valence-electron chi connectivity index (χ0n) is 8.09. The van der Waals surface area contributed by atoms with E-state index in [4.69, 9.17) is 5.73 Å². The van der Waals surface area contributed by atoms with Crippen LogP contribution in [0.1, 0.15) is 17.9 Å². The van der Waals surface area contributed by atoms with Crippen molar-refractivity contribution in [3.63, 3.8) is 0 Å². The van der Waals surface area contributed by atoms with Gasteiger partial charge in [-0.3, -0.25) is 4.79 Å². The lowest BCUT2D eigenvalue weighted by Crippen LogP contribution is -2.26. The highest BCUT2D eigenvalue weighted by molar-refractivity contribution is 5.74. The molecule has 0 aliphatic heterocycles. The van der Waals surface area contributed by atoms with Gasteiger partial charge in [0.15, 0.2) is 0 Å². The van der Waals surface area contributed by atoms with Gasteiger partial charge in [0.05, 0.1) is 5.92 Å². The minimum atomic E-state index is -4.58. The Morgan fingerprint density at radius 2 is 1.75 bits per heavy atom. The topological polar surface area (TPSA) is 43.1 Å². The SMILES string of the molecule is NC(=O)CC(c1ccc(F)cc1)C(F)(F)F. The lowest BCUT2D eigenvalue weighted by Gasteiger charge is -2.19. The number of benzene rings is 1. The predicted octanol–water partition coefficient (Wildman–Crippen LogP) is 2.35. The van der Waals surface area contributed by atoms with Gasteiger partial charge >= 0.3 is 6.18 Å². The summed E-state index contributed by atoms with van der Waals surface area (Å²) in [6.45, 7) is 0. The van der Waals surface area contributed by atoms with Crippen LogP contribution in [0.2, 0.25) is 0 Å². The van der Waals surface area contributed by atoms with Gasteiger partial charge in [-0.1, -0.05) is 12.1 Å². The molecule has 0 spiro atoms. The van der Waals surface area contributed by atoms with Gasteiger partial charge in [0, 0.05) is 6.42 Å². The average Bonchev–Trinajstić information content (AvgIpc) is 2.14. The first-order valence-corrected chi connectivity index (χ1v) is 4.41. The normalized spacial score (nSPS) is 13.5. The van der Waals surface area contributed by atoms with E-state index < -0.39 is 30.2 Å². The molecule has 0 saturated carbocycles. The number of nitrogens with two attached hydrogens (primary N) is 1. The third kappa shape index (κ3) is 3.22. The Bertz CT molecular complexity index is 371. The molecular formula is C10H9F4NO. The quantitative estimate of drug-likeness (QED) is 0.803. The molecule has 2 nitrogen and oxygen atoms in total. The number of carbonyl (C=O) groups excluding carboxylic acids is 1. The second kappa shape index (κ2) is 4.51. The summed E-state index contributed by atoms with van der Waals surface area (Å²) in [6, 6.07) is 3.82. The van der Waals surface area contributed by atoms with Gasteiger partial charge in [0.25, 0.3) is 0 Å². The number of primary amides is 1. The molecule has 1 atom stereocenters. The molecule has 1 aromatic rings. The van der Waals surface area contributed by atoms with Crippen molar-refractivity contribution in [2.75, 3.05) is 0 Å². The maximum Gasteiger partial charge on any atom is 0.396 e. The molecule has 6 heteroatoms. The first-order chi connectivity index (χ1) is 7.30. The summed E-state index contributed by atoms with van der Waals surface area (Å²) in [7, 11) is 0. The van der Waals surface area contributed by atoms with Crippen molar-refractivity contribution in [1.82, 2.24) is 0 Å². The number of carbonyl (C=O) groups is 1. The van der Waals surface area contributed by atoms with E-state index in [1.165, 1.54) is 0 Å². The summed E-state index contributed by atoms with van der Waals surface area (Å²) in [5.41, 5.74) is 4.57. The van der Waals surface area contributed by atoms with E-state index in [-0.39, 0.29) is 5.56 Å². The molecule has 1 rings (SSSR count). The number of hydrogen-bond acceptors (Lipinski definition) is 1. The monoisotopic (exact) mass is 235 g/mol. The van der Waals surface area contributed by atoms with Crippen molar-refractivity contribution in [1.29, 1.82) is 0 Å². The van der Waals surface area contributed by atoms with E-state index in [1.807, 2.05) is 0 Å². The zero-order valence-corrected chi connectivity index (χ0v) is 8.09. The smallest absolute Gasteiger partial charge is 0.370 e. The van der Waals surface area contributed by atoms with Crippen LogP contribution in [0.5, 0.6) is 0 Å². The van der Waals surface area contributed by atoms with Gasteiger partial charge in [0.2, 0.25) is 5.91 Å². The number of rotatable bonds is 3. The van der Waals surface area contributed by atoms with E-state index in [9.17, 15) is 22.4 Å². The number of hydrogen-bond donors (Lipinski definition) is 1. The van der Waals surface area contributed by atoms with Gasteiger partial charge < -0.3 is 5.73 Å². The summed E-state index contributed by atoms with van der Waals surface area (Å²) in [5.74, 6) is -3.67. The van der Waals surface area contributed by atoms with Crippen molar-refractivity contribution < 1.29 is 22.4 Å². The fourth-order valence-corrected chi connectivity index (χ4v) is 1.32. The Morgan fingerprint density at radius 1 is 1.25 bits per heavy atom. The first kappa shape index (κ1) is 12.5. The summed E-state index contributed by atoms with van der Waals surface area (Å²) in [4.78, 5) is 10.5. The molecule has 0 bridgehead atoms. The Balaban J connectivity index is 3.01. The van der Waals surface area contributed by atoms with Crippen molar-refractivity contribution in [3.05, 3.63) is 35.6 Å². The van der Waals surface area contributed by atoms with Crippen LogP contribution in [0.15, 0.2) is 24.3 Å². The number of amides is 1. The van der Waals surface area contributed by atoms with E-state index in [0.29, 0.717) is 0 Å². The maximum atomic E-state index is 12.6. The maximum absolute atomic E-state index is 12.6. The fourth-order valence-electron chi connectivity index (χ4n) is 1.32. The van der Waals surface area contributed by atoms with E-state index in [2.05, 4.69) is 0 Å². The van der Waals surface area contributed by atoms with Gasteiger partial charge in [0.1, 0.15) is 5.82 Å². The third-order valence-corrected chi connectivity index (χ3v) is 2.07. The first-order valence-electron chi connectivity index (χ1n) is 4.41. The van der Waals surface area contributed by atoms with Crippen LogP contribution < -0.4 is 5.73 Å². The molecule has 0 saturated heterocycles. The van der Waals surface area contributed by atoms with Gasteiger partial charge in [-0.15, -0.1) is 0 Å². The van der Waals surface area contributed by atoms with Crippen molar-refractivity contribution in [2.24, 2.45) is 5.73 Å². The third-order valence-electron chi connectivity index (χ3n) is 2.07. The largest absolute Gasteiger partial charge is 0.396 e. The van der Waals surface area contributed by atoms with E-state index in [0.717, 1.165) is 24.3 Å². The van der Waals surface area contributed by atoms with Crippen LogP contribution in [-0.4, -0.2) is 12.1 Å². The van der Waals surface area contributed by atoms with Crippen molar-refractivity contribution in [3.8, 4) is 0 Å². The number of alkyl halides is 3. The lowest BCUT2D eigenvalue weighted by atomic mass is 9.95. The standard InChI is InChI=1S/C10H9F4NO/c11-7-3-1-6(2-4-7)8(5-9(15)16)10(12,13)14/h1-4,8H,5H2,(H2,15,16). The zero-order chi connectivity index (χ0) is 12.3. The second-order valence-corrected chi connectivity index (χ2v) is 3.32. The molecule has 0 fully saturated rings. The van der Waals surface area contributed by atoms with Crippen LogP contribution in [0, 0.1) is 5.82 Å². The van der Waals surface area contributed by atoms with Crippen molar-refractivity contribution in [2.45, 2.75) is 18.5 Å².